The molecule has 3 heterocycles. The molecular formula is C27H23N5O3. The van der Waals surface area contributed by atoms with E-state index < -0.39 is 0 Å². The van der Waals surface area contributed by atoms with Crippen molar-refractivity contribution in [3.05, 3.63) is 101 Å². The fraction of sp³-hybridized carbons (Fsp3) is 0.148. The summed E-state index contributed by atoms with van der Waals surface area (Å²) in [6, 6.07) is 20.1. The lowest BCUT2D eigenvalue weighted by molar-refractivity contribution is -0.122. The van der Waals surface area contributed by atoms with Gasteiger partial charge >= 0.3 is 0 Å². The van der Waals surface area contributed by atoms with Gasteiger partial charge in [-0.15, -0.1) is 0 Å². The van der Waals surface area contributed by atoms with Crippen LogP contribution in [0.1, 0.15) is 24.1 Å². The summed E-state index contributed by atoms with van der Waals surface area (Å²) in [6.07, 6.45) is 3.29. The predicted molar refractivity (Wildman–Crippen MR) is 132 cm³/mol. The molecule has 174 valence electrons. The van der Waals surface area contributed by atoms with Crippen LogP contribution in [0, 0.1) is 6.92 Å². The van der Waals surface area contributed by atoms with Gasteiger partial charge < -0.3 is 9.84 Å². The minimum absolute atomic E-state index is 0.109. The van der Waals surface area contributed by atoms with Crippen LogP contribution in [0.5, 0.6) is 0 Å². The summed E-state index contributed by atoms with van der Waals surface area (Å²) < 4.78 is 6.94. The summed E-state index contributed by atoms with van der Waals surface area (Å²) in [6.45, 7) is 3.83. The molecule has 1 unspecified atom stereocenters. The molecule has 0 aliphatic rings. The molecule has 2 aromatic carbocycles. The van der Waals surface area contributed by atoms with Gasteiger partial charge in [-0.1, -0.05) is 53.2 Å². The third kappa shape index (κ3) is 4.59. The van der Waals surface area contributed by atoms with Crippen molar-refractivity contribution in [3.8, 4) is 22.8 Å². The number of carbonyl (C=O) groups is 1. The number of para-hydroxylation sites is 1. The fourth-order valence-corrected chi connectivity index (χ4v) is 3.99. The molecule has 3 aromatic heterocycles. The number of hydrogen-bond acceptors (Lipinski definition) is 6. The SMILES string of the molecule is Cc1ccc(C(C)NC(=O)Cn2c(=O)cc(-c3nc(-c4ccncc4)no3)c3ccccc32)cc1. The topological polar surface area (TPSA) is 103 Å². The molecule has 1 amide bonds. The van der Waals surface area contributed by atoms with Crippen LogP contribution in [0.4, 0.5) is 0 Å². The maximum absolute atomic E-state index is 13.1. The van der Waals surface area contributed by atoms with Crippen molar-refractivity contribution < 1.29 is 9.32 Å². The zero-order valence-corrected chi connectivity index (χ0v) is 19.3. The average molecular weight is 466 g/mol. The molecular weight excluding hydrogens is 442 g/mol. The first-order valence-corrected chi connectivity index (χ1v) is 11.2. The lowest BCUT2D eigenvalue weighted by Gasteiger charge is -2.16. The molecule has 5 aromatic rings. The summed E-state index contributed by atoms with van der Waals surface area (Å²) in [5.74, 6) is 0.380. The summed E-state index contributed by atoms with van der Waals surface area (Å²) in [7, 11) is 0. The highest BCUT2D eigenvalue weighted by molar-refractivity contribution is 5.93. The van der Waals surface area contributed by atoms with Crippen LogP contribution in [-0.4, -0.2) is 25.6 Å². The van der Waals surface area contributed by atoms with Crippen molar-refractivity contribution in [2.75, 3.05) is 0 Å². The maximum Gasteiger partial charge on any atom is 0.259 e. The van der Waals surface area contributed by atoms with Crippen molar-refractivity contribution in [2.45, 2.75) is 26.4 Å². The van der Waals surface area contributed by atoms with Crippen molar-refractivity contribution in [2.24, 2.45) is 0 Å². The van der Waals surface area contributed by atoms with Gasteiger partial charge in [-0.25, -0.2) is 0 Å². The number of aromatic nitrogens is 4. The molecule has 1 N–H and O–H groups in total. The Hall–Kier alpha value is -4.59. The van der Waals surface area contributed by atoms with E-state index in [1.54, 1.807) is 30.6 Å². The summed E-state index contributed by atoms with van der Waals surface area (Å²) in [5.41, 5.74) is 3.70. The van der Waals surface area contributed by atoms with Crippen molar-refractivity contribution in [1.82, 2.24) is 25.0 Å². The first kappa shape index (κ1) is 22.2. The maximum atomic E-state index is 13.1. The van der Waals surface area contributed by atoms with Crippen molar-refractivity contribution in [3.63, 3.8) is 0 Å². The Kier molecular flexibility index (Phi) is 5.93. The number of amides is 1. The molecule has 8 nitrogen and oxygen atoms in total. The lowest BCUT2D eigenvalue weighted by Crippen LogP contribution is -2.34. The Morgan fingerprint density at radius 2 is 1.80 bits per heavy atom. The molecule has 0 bridgehead atoms. The fourth-order valence-electron chi connectivity index (χ4n) is 3.99. The van der Waals surface area contributed by atoms with Gasteiger partial charge in [-0.05, 0) is 37.6 Å². The second-order valence-electron chi connectivity index (χ2n) is 8.36. The molecule has 0 radical (unpaired) electrons. The van der Waals surface area contributed by atoms with E-state index in [2.05, 4.69) is 20.4 Å². The van der Waals surface area contributed by atoms with Crippen LogP contribution < -0.4 is 10.9 Å². The molecule has 35 heavy (non-hydrogen) atoms. The normalized spacial score (nSPS) is 11.9. The van der Waals surface area contributed by atoms with E-state index in [-0.39, 0.29) is 29.9 Å². The lowest BCUT2D eigenvalue weighted by atomic mass is 10.1. The van der Waals surface area contributed by atoms with Gasteiger partial charge in [0.15, 0.2) is 0 Å². The van der Waals surface area contributed by atoms with E-state index >= 15 is 0 Å². The number of benzene rings is 2. The van der Waals surface area contributed by atoms with Crippen LogP contribution in [0.25, 0.3) is 33.7 Å². The number of aryl methyl sites for hydroxylation is 1. The molecule has 0 saturated carbocycles. The number of carbonyl (C=O) groups excluding carboxylic acids is 1. The summed E-state index contributed by atoms with van der Waals surface area (Å²) in [4.78, 5) is 34.5. The van der Waals surface area contributed by atoms with E-state index in [1.807, 2.05) is 56.3 Å². The van der Waals surface area contributed by atoms with Gasteiger partial charge in [0.25, 0.3) is 11.4 Å². The van der Waals surface area contributed by atoms with Crippen LogP contribution in [0.15, 0.2) is 88.4 Å². The number of fused-ring (bicyclic) bond motifs is 1. The van der Waals surface area contributed by atoms with E-state index in [1.165, 1.54) is 10.6 Å². The number of pyridine rings is 2. The standard InChI is InChI=1S/C27H23N5O3/c1-17-7-9-19(10-8-17)18(2)29-24(33)16-32-23-6-4-3-5-21(23)22(15-25(32)34)27-30-26(31-35-27)20-11-13-28-14-12-20/h3-15,18H,16H2,1-2H3,(H,29,33). The number of nitrogens with one attached hydrogen (secondary N) is 1. The van der Waals surface area contributed by atoms with Crippen LogP contribution in [-0.2, 0) is 11.3 Å². The zero-order valence-electron chi connectivity index (χ0n) is 19.3. The number of nitrogens with zero attached hydrogens (tertiary/aromatic N) is 4. The van der Waals surface area contributed by atoms with Crippen LogP contribution in [0.3, 0.4) is 0 Å². The van der Waals surface area contributed by atoms with Crippen molar-refractivity contribution >= 4 is 16.8 Å². The molecule has 0 fully saturated rings. The van der Waals surface area contributed by atoms with Crippen LogP contribution in [0.2, 0.25) is 0 Å². The monoisotopic (exact) mass is 465 g/mol. The zero-order chi connectivity index (χ0) is 24.4. The van der Waals surface area contributed by atoms with Gasteiger partial charge in [0, 0.05) is 29.4 Å². The number of hydrogen-bond donors (Lipinski definition) is 1. The Morgan fingerprint density at radius 1 is 1.06 bits per heavy atom. The molecule has 8 heteroatoms. The van der Waals surface area contributed by atoms with Crippen molar-refractivity contribution in [1.29, 1.82) is 0 Å². The highest BCUT2D eigenvalue weighted by Gasteiger charge is 2.18. The number of rotatable bonds is 6. The largest absolute Gasteiger partial charge is 0.348 e. The first-order valence-electron chi connectivity index (χ1n) is 11.2. The highest BCUT2D eigenvalue weighted by Crippen LogP contribution is 2.28. The van der Waals surface area contributed by atoms with Gasteiger partial charge in [0.05, 0.1) is 17.1 Å². The minimum Gasteiger partial charge on any atom is -0.348 e. The van der Waals surface area contributed by atoms with E-state index in [9.17, 15) is 9.59 Å². The first-order chi connectivity index (χ1) is 17.0. The Labute approximate surface area is 201 Å². The second kappa shape index (κ2) is 9.34. The molecule has 1 atom stereocenters. The summed E-state index contributed by atoms with van der Waals surface area (Å²) >= 11 is 0. The van der Waals surface area contributed by atoms with Gasteiger partial charge in [0.1, 0.15) is 6.54 Å². The van der Waals surface area contributed by atoms with E-state index in [0.717, 1.165) is 22.1 Å². The van der Waals surface area contributed by atoms with E-state index in [0.29, 0.717) is 16.9 Å². The second-order valence-corrected chi connectivity index (χ2v) is 8.36. The Morgan fingerprint density at radius 3 is 2.57 bits per heavy atom. The molecule has 0 spiro atoms. The average Bonchev–Trinajstić information content (AvgIpc) is 3.37. The van der Waals surface area contributed by atoms with Crippen LogP contribution >= 0.6 is 0 Å². The quantitative estimate of drug-likeness (QED) is 0.401. The van der Waals surface area contributed by atoms with Gasteiger partial charge in [0.2, 0.25) is 11.7 Å². The predicted octanol–water partition coefficient (Wildman–Crippen LogP) is 4.30. The molecule has 5 rings (SSSR count). The Bertz CT molecular complexity index is 1560. The molecule has 0 aliphatic carbocycles. The third-order valence-electron chi connectivity index (χ3n) is 5.87. The third-order valence-corrected chi connectivity index (χ3v) is 5.87. The molecule has 0 saturated heterocycles. The highest BCUT2D eigenvalue weighted by atomic mass is 16.5. The van der Waals surface area contributed by atoms with E-state index in [4.69, 9.17) is 4.52 Å². The van der Waals surface area contributed by atoms with Gasteiger partial charge in [-0.3, -0.25) is 19.1 Å². The molecule has 0 aliphatic heterocycles. The van der Waals surface area contributed by atoms with Gasteiger partial charge in [-0.2, -0.15) is 4.98 Å². The smallest absolute Gasteiger partial charge is 0.259 e. The summed E-state index contributed by atoms with van der Waals surface area (Å²) in [5, 5.41) is 7.76. The minimum atomic E-state index is -0.333. The Balaban J connectivity index is 1.45.